The molecule has 1 aromatic heterocycles. The summed E-state index contributed by atoms with van der Waals surface area (Å²) in [7, 11) is 0. The van der Waals surface area contributed by atoms with E-state index in [1.807, 2.05) is 42.5 Å². The maximum atomic E-state index is 13.1. The Morgan fingerprint density at radius 3 is 2.29 bits per heavy atom. The van der Waals surface area contributed by atoms with Crippen molar-refractivity contribution in [2.45, 2.75) is 39.0 Å². The summed E-state index contributed by atoms with van der Waals surface area (Å²) in [4.78, 5) is 24.9. The van der Waals surface area contributed by atoms with Crippen molar-refractivity contribution in [1.29, 1.82) is 0 Å². The summed E-state index contributed by atoms with van der Waals surface area (Å²) in [6, 6.07) is 23.5. The fraction of sp³-hybridized carbons (Fsp3) is 0.222. The molecule has 1 heterocycles. The van der Waals surface area contributed by atoms with Crippen LogP contribution in [0.5, 0.6) is 5.75 Å². The minimum Gasteiger partial charge on any atom is -0.478 e. The third-order valence-corrected chi connectivity index (χ3v) is 5.92. The molecule has 0 saturated heterocycles. The number of aryl methyl sites for hydroxylation is 1. The number of aromatic nitrogens is 3. The van der Waals surface area contributed by atoms with Crippen molar-refractivity contribution in [3.63, 3.8) is 0 Å². The predicted octanol–water partition coefficient (Wildman–Crippen LogP) is 4.95. The Kier molecular flexibility index (Phi) is 7.67. The van der Waals surface area contributed by atoms with Gasteiger partial charge in [-0.2, -0.15) is 5.10 Å². The van der Waals surface area contributed by atoms with Gasteiger partial charge in [-0.1, -0.05) is 79.2 Å². The van der Waals surface area contributed by atoms with Crippen molar-refractivity contribution >= 4 is 17.6 Å². The molecule has 0 saturated carbocycles. The highest BCUT2D eigenvalue weighted by Gasteiger charge is 2.24. The van der Waals surface area contributed by atoms with Crippen LogP contribution in [0.4, 0.5) is 0 Å². The van der Waals surface area contributed by atoms with Gasteiger partial charge in [0.15, 0.2) is 0 Å². The van der Waals surface area contributed by atoms with Crippen LogP contribution < -0.4 is 10.4 Å². The molecule has 4 aromatic rings. The quantitative estimate of drug-likeness (QED) is 0.339. The summed E-state index contributed by atoms with van der Waals surface area (Å²) in [5, 5.41) is 14.6. The number of carbonyl (C=O) groups is 1. The second-order valence-corrected chi connectivity index (χ2v) is 8.59. The van der Waals surface area contributed by atoms with Crippen molar-refractivity contribution < 1.29 is 14.6 Å². The Balaban J connectivity index is 1.53. The van der Waals surface area contributed by atoms with E-state index in [9.17, 15) is 14.7 Å². The number of aliphatic carboxylic acids is 1. The van der Waals surface area contributed by atoms with E-state index in [1.165, 1.54) is 4.68 Å². The Bertz CT molecular complexity index is 1350. The van der Waals surface area contributed by atoms with Crippen LogP contribution in [0.2, 0.25) is 5.02 Å². The molecular formula is C27H26ClN3O4. The smallest absolute Gasteiger partial charge is 0.349 e. The molecule has 0 spiro atoms. The van der Waals surface area contributed by atoms with Gasteiger partial charge in [-0.15, -0.1) is 0 Å². The largest absolute Gasteiger partial charge is 0.478 e. The molecule has 0 amide bonds. The van der Waals surface area contributed by atoms with Crippen molar-refractivity contribution in [2.24, 2.45) is 0 Å². The van der Waals surface area contributed by atoms with E-state index in [0.717, 1.165) is 23.4 Å². The summed E-state index contributed by atoms with van der Waals surface area (Å²) in [5.74, 6) is -0.0100. The van der Waals surface area contributed by atoms with Gasteiger partial charge in [0, 0.05) is 17.0 Å². The maximum Gasteiger partial charge on any atom is 0.349 e. The van der Waals surface area contributed by atoms with Crippen molar-refractivity contribution in [3.8, 4) is 5.75 Å². The molecule has 1 atom stereocenters. The fourth-order valence-corrected chi connectivity index (χ4v) is 4.07. The molecule has 7 nitrogen and oxygen atoms in total. The van der Waals surface area contributed by atoms with Gasteiger partial charge in [-0.3, -0.25) is 4.57 Å². The number of hydrogen-bond acceptors (Lipinski definition) is 4. The first-order chi connectivity index (χ1) is 17.0. The zero-order valence-electron chi connectivity index (χ0n) is 19.3. The fourth-order valence-electron chi connectivity index (χ4n) is 3.84. The second-order valence-electron chi connectivity index (χ2n) is 8.18. The molecule has 8 heteroatoms. The third-order valence-electron chi connectivity index (χ3n) is 5.58. The molecule has 4 rings (SSSR count). The first kappa shape index (κ1) is 24.3. The van der Waals surface area contributed by atoms with Gasteiger partial charge < -0.3 is 9.84 Å². The number of hydrogen-bond donors (Lipinski definition) is 1. The van der Waals surface area contributed by atoms with Gasteiger partial charge in [0.05, 0.1) is 13.1 Å². The molecule has 0 aliphatic carbocycles. The van der Waals surface area contributed by atoms with E-state index in [0.29, 0.717) is 35.8 Å². The van der Waals surface area contributed by atoms with Gasteiger partial charge in [0.2, 0.25) is 6.10 Å². The average Bonchev–Trinajstić information content (AvgIpc) is 3.13. The molecule has 35 heavy (non-hydrogen) atoms. The van der Waals surface area contributed by atoms with Crippen LogP contribution in [-0.4, -0.2) is 25.4 Å². The first-order valence-corrected chi connectivity index (χ1v) is 11.8. The lowest BCUT2D eigenvalue weighted by atomic mass is 10.1. The molecule has 0 aliphatic rings. The number of carboxylic acids is 1. The van der Waals surface area contributed by atoms with E-state index >= 15 is 0 Å². The molecule has 1 unspecified atom stereocenters. The van der Waals surface area contributed by atoms with Crippen LogP contribution in [0.3, 0.4) is 0 Å². The predicted molar refractivity (Wildman–Crippen MR) is 134 cm³/mol. The highest BCUT2D eigenvalue weighted by molar-refractivity contribution is 6.31. The van der Waals surface area contributed by atoms with Crippen LogP contribution in [0.25, 0.3) is 0 Å². The van der Waals surface area contributed by atoms with E-state index in [2.05, 4.69) is 12.0 Å². The van der Waals surface area contributed by atoms with Crippen LogP contribution in [0.15, 0.2) is 83.7 Å². The lowest BCUT2D eigenvalue weighted by Crippen LogP contribution is -2.26. The average molecular weight is 492 g/mol. The van der Waals surface area contributed by atoms with E-state index in [-0.39, 0.29) is 5.69 Å². The van der Waals surface area contributed by atoms with Gasteiger partial charge >= 0.3 is 11.7 Å². The Morgan fingerprint density at radius 1 is 0.971 bits per heavy atom. The van der Waals surface area contributed by atoms with Crippen molar-refractivity contribution in [3.05, 3.63) is 117 Å². The molecule has 0 fully saturated rings. The van der Waals surface area contributed by atoms with E-state index in [4.69, 9.17) is 16.3 Å². The van der Waals surface area contributed by atoms with Gasteiger partial charge in [0.25, 0.3) is 0 Å². The highest BCUT2D eigenvalue weighted by Crippen LogP contribution is 2.28. The number of halogens is 1. The number of ether oxygens (including phenoxy) is 1. The number of benzene rings is 3. The van der Waals surface area contributed by atoms with Gasteiger partial charge in [0.1, 0.15) is 11.6 Å². The van der Waals surface area contributed by atoms with Crippen molar-refractivity contribution in [2.75, 3.05) is 0 Å². The maximum absolute atomic E-state index is 13.1. The Labute approximate surface area is 208 Å². The lowest BCUT2D eigenvalue weighted by molar-refractivity contribution is -0.145. The highest BCUT2D eigenvalue weighted by atomic mass is 35.5. The number of nitrogens with zero attached hydrogens (tertiary/aromatic N) is 3. The third kappa shape index (κ3) is 5.81. The summed E-state index contributed by atoms with van der Waals surface area (Å²) in [6.45, 7) is 2.82. The van der Waals surface area contributed by atoms with Gasteiger partial charge in [-0.05, 0) is 35.7 Å². The molecule has 0 aliphatic heterocycles. The van der Waals surface area contributed by atoms with Crippen molar-refractivity contribution in [1.82, 2.24) is 14.3 Å². The monoisotopic (exact) mass is 491 g/mol. The summed E-state index contributed by atoms with van der Waals surface area (Å²) < 4.78 is 8.92. The van der Waals surface area contributed by atoms with Crippen LogP contribution in [0, 0.1) is 0 Å². The molecule has 3 aromatic carbocycles. The second kappa shape index (κ2) is 11.1. The zero-order chi connectivity index (χ0) is 24.8. The van der Waals surface area contributed by atoms with Crippen LogP contribution >= 0.6 is 11.6 Å². The van der Waals surface area contributed by atoms with E-state index < -0.39 is 12.1 Å². The molecular weight excluding hydrogens is 466 g/mol. The first-order valence-electron chi connectivity index (χ1n) is 11.4. The lowest BCUT2D eigenvalue weighted by Gasteiger charge is -2.17. The summed E-state index contributed by atoms with van der Waals surface area (Å²) in [6.07, 6.45) is 0.327. The molecule has 1 N–H and O–H groups in total. The number of rotatable bonds is 10. The molecule has 180 valence electrons. The van der Waals surface area contributed by atoms with Crippen LogP contribution in [-0.2, 0) is 24.3 Å². The summed E-state index contributed by atoms with van der Waals surface area (Å²) >= 11 is 6.17. The van der Waals surface area contributed by atoms with E-state index in [1.54, 1.807) is 41.0 Å². The Hall–Kier alpha value is -3.84. The minimum atomic E-state index is -1.23. The SMILES string of the molecule is CCCc1nn(Cc2ccccc2)c(=O)n1Cc1ccc(OC(C(=O)O)c2ccccc2Cl)cc1. The minimum absolute atomic E-state index is 0.165. The van der Waals surface area contributed by atoms with Gasteiger partial charge in [-0.25, -0.2) is 14.3 Å². The zero-order valence-corrected chi connectivity index (χ0v) is 20.1. The summed E-state index contributed by atoms with van der Waals surface area (Å²) in [5.41, 5.74) is 2.10. The molecule has 0 radical (unpaired) electrons. The molecule has 0 bridgehead atoms. The topological polar surface area (TPSA) is 86.4 Å². The Morgan fingerprint density at radius 2 is 1.63 bits per heavy atom. The normalized spacial score (nSPS) is 11.8. The van der Waals surface area contributed by atoms with Crippen LogP contribution in [0.1, 0.15) is 42.0 Å². The number of carboxylic acid groups (broad SMARTS) is 1. The standard InChI is InChI=1S/C27H26ClN3O4/c1-2-8-24-29-31(18-19-9-4-3-5-10-19)27(34)30(24)17-20-13-15-21(16-14-20)35-25(26(32)33)22-11-6-7-12-23(22)28/h3-7,9-16,25H,2,8,17-18H2,1H3,(H,32,33).